The number of amides is 1. The lowest BCUT2D eigenvalue weighted by Gasteiger charge is -2.15. The Bertz CT molecular complexity index is 1380. The number of para-hydroxylation sites is 1. The van der Waals surface area contributed by atoms with Gasteiger partial charge in [0.25, 0.3) is 5.56 Å². The summed E-state index contributed by atoms with van der Waals surface area (Å²) >= 11 is 1.24. The van der Waals surface area contributed by atoms with E-state index >= 15 is 0 Å². The molecule has 1 heterocycles. The maximum atomic E-state index is 13.3. The number of halogens is 1. The Morgan fingerprint density at radius 3 is 2.67 bits per heavy atom. The van der Waals surface area contributed by atoms with Gasteiger partial charge in [0.15, 0.2) is 5.16 Å². The highest BCUT2D eigenvalue weighted by Crippen LogP contribution is 2.31. The van der Waals surface area contributed by atoms with Crippen LogP contribution in [-0.2, 0) is 17.8 Å². The Hall–Kier alpha value is -3.45. The molecule has 0 spiro atoms. The van der Waals surface area contributed by atoms with Crippen LogP contribution in [0.3, 0.4) is 0 Å². The molecule has 1 amide bonds. The van der Waals surface area contributed by atoms with Crippen molar-refractivity contribution in [3.05, 3.63) is 106 Å². The van der Waals surface area contributed by atoms with E-state index in [9.17, 15) is 14.0 Å². The number of hydrogen-bond donors (Lipinski definition) is 1. The van der Waals surface area contributed by atoms with Gasteiger partial charge < -0.3 is 5.32 Å². The van der Waals surface area contributed by atoms with Gasteiger partial charge in [-0.05, 0) is 53.8 Å². The smallest absolute Gasteiger partial charge is 0.262 e. The van der Waals surface area contributed by atoms with E-state index in [0.29, 0.717) is 16.1 Å². The van der Waals surface area contributed by atoms with Crippen LogP contribution in [0.2, 0.25) is 0 Å². The molecule has 0 aliphatic heterocycles. The first-order valence-electron chi connectivity index (χ1n) is 10.8. The average Bonchev–Trinajstić information content (AvgIpc) is 3.24. The molecule has 5 rings (SSSR count). The summed E-state index contributed by atoms with van der Waals surface area (Å²) < 4.78 is 14.9. The van der Waals surface area contributed by atoms with Crippen LogP contribution < -0.4 is 10.9 Å². The second-order valence-corrected chi connectivity index (χ2v) is 9.02. The predicted molar refractivity (Wildman–Crippen MR) is 128 cm³/mol. The van der Waals surface area contributed by atoms with Crippen molar-refractivity contribution in [1.29, 1.82) is 0 Å². The number of thioether (sulfide) groups is 1. The van der Waals surface area contributed by atoms with Gasteiger partial charge in [0.2, 0.25) is 5.91 Å². The largest absolute Gasteiger partial charge is 0.349 e. The highest BCUT2D eigenvalue weighted by molar-refractivity contribution is 7.99. The Kier molecular flexibility index (Phi) is 5.96. The summed E-state index contributed by atoms with van der Waals surface area (Å²) in [6.07, 6.45) is 1.84. The topological polar surface area (TPSA) is 64.0 Å². The van der Waals surface area contributed by atoms with Crippen LogP contribution in [0.25, 0.3) is 10.9 Å². The lowest BCUT2D eigenvalue weighted by molar-refractivity contribution is -0.119. The quantitative estimate of drug-likeness (QED) is 0.341. The van der Waals surface area contributed by atoms with Gasteiger partial charge in [-0.3, -0.25) is 14.2 Å². The van der Waals surface area contributed by atoms with Gasteiger partial charge in [0, 0.05) is 0 Å². The van der Waals surface area contributed by atoms with Crippen LogP contribution in [0.5, 0.6) is 0 Å². The van der Waals surface area contributed by atoms with Crippen molar-refractivity contribution in [1.82, 2.24) is 14.9 Å². The van der Waals surface area contributed by atoms with E-state index in [1.807, 2.05) is 18.2 Å². The number of aryl methyl sites for hydroxylation is 1. The van der Waals surface area contributed by atoms with Crippen LogP contribution in [-0.4, -0.2) is 21.2 Å². The molecule has 0 saturated heterocycles. The number of carbonyl (C=O) groups excluding carboxylic acids is 1. The molecule has 4 aromatic rings. The fourth-order valence-electron chi connectivity index (χ4n) is 4.24. The predicted octanol–water partition coefficient (Wildman–Crippen LogP) is 4.48. The molecule has 33 heavy (non-hydrogen) atoms. The minimum absolute atomic E-state index is 0.0141. The molecule has 1 unspecified atom stereocenters. The van der Waals surface area contributed by atoms with Gasteiger partial charge in [-0.15, -0.1) is 0 Å². The number of fused-ring (bicyclic) bond motifs is 2. The van der Waals surface area contributed by atoms with Crippen LogP contribution >= 0.6 is 11.8 Å². The van der Waals surface area contributed by atoms with Crippen LogP contribution in [0, 0.1) is 5.82 Å². The SMILES string of the molecule is O=C(CSc1nc2ccccc2c(=O)n1Cc1ccc(F)cc1)NC1CCc2ccccc21. The van der Waals surface area contributed by atoms with Gasteiger partial charge in [0.1, 0.15) is 5.82 Å². The molecule has 0 fully saturated rings. The van der Waals surface area contributed by atoms with Crippen molar-refractivity contribution < 1.29 is 9.18 Å². The maximum absolute atomic E-state index is 13.3. The fraction of sp³-hybridized carbons (Fsp3) is 0.192. The Balaban J connectivity index is 1.38. The first-order chi connectivity index (χ1) is 16.1. The van der Waals surface area contributed by atoms with Crippen LogP contribution in [0.1, 0.15) is 29.2 Å². The molecule has 1 atom stereocenters. The van der Waals surface area contributed by atoms with E-state index in [4.69, 9.17) is 0 Å². The molecule has 0 radical (unpaired) electrons. The van der Waals surface area contributed by atoms with Crippen molar-refractivity contribution in [3.8, 4) is 0 Å². The molecule has 1 aliphatic carbocycles. The zero-order valence-corrected chi connectivity index (χ0v) is 18.6. The number of nitrogens with one attached hydrogen (secondary N) is 1. The monoisotopic (exact) mass is 459 g/mol. The Morgan fingerprint density at radius 2 is 1.82 bits per heavy atom. The van der Waals surface area contributed by atoms with Crippen LogP contribution in [0.4, 0.5) is 4.39 Å². The number of carbonyl (C=O) groups is 1. The number of rotatable bonds is 6. The molecule has 0 saturated carbocycles. The fourth-order valence-corrected chi connectivity index (χ4v) is 5.05. The second kappa shape index (κ2) is 9.19. The highest BCUT2D eigenvalue weighted by atomic mass is 32.2. The van der Waals surface area contributed by atoms with Gasteiger partial charge in [0.05, 0.1) is 29.2 Å². The van der Waals surface area contributed by atoms with Gasteiger partial charge in [-0.25, -0.2) is 9.37 Å². The lowest BCUT2D eigenvalue weighted by Crippen LogP contribution is -2.29. The number of hydrogen-bond acceptors (Lipinski definition) is 4. The molecule has 5 nitrogen and oxygen atoms in total. The van der Waals surface area contributed by atoms with E-state index in [1.165, 1.54) is 35.0 Å². The average molecular weight is 460 g/mol. The summed E-state index contributed by atoms with van der Waals surface area (Å²) in [5.74, 6) is -0.285. The van der Waals surface area contributed by atoms with Crippen molar-refractivity contribution in [2.75, 3.05) is 5.75 Å². The summed E-state index contributed by atoms with van der Waals surface area (Å²) in [7, 11) is 0. The third-order valence-corrected chi connectivity index (χ3v) is 6.86. The molecule has 7 heteroatoms. The van der Waals surface area contributed by atoms with Crippen molar-refractivity contribution in [3.63, 3.8) is 0 Å². The van der Waals surface area contributed by atoms with Crippen LogP contribution in [0.15, 0.2) is 82.7 Å². The standard InChI is InChI=1S/C26H22FN3O2S/c27-19-12-9-17(10-13-19)15-30-25(32)21-7-3-4-8-22(21)29-26(30)33-16-24(31)28-23-14-11-18-5-1-2-6-20(18)23/h1-10,12-13,23H,11,14-16H2,(H,28,31). The number of aromatic nitrogens is 2. The summed E-state index contributed by atoms with van der Waals surface area (Å²) in [6, 6.07) is 21.4. The van der Waals surface area contributed by atoms with Gasteiger partial charge in [-0.1, -0.05) is 60.3 Å². The second-order valence-electron chi connectivity index (χ2n) is 8.08. The van der Waals surface area contributed by atoms with Gasteiger partial charge >= 0.3 is 0 Å². The normalized spacial score (nSPS) is 14.9. The summed E-state index contributed by atoms with van der Waals surface area (Å²) in [5.41, 5.74) is 3.64. The van der Waals surface area contributed by atoms with Gasteiger partial charge in [-0.2, -0.15) is 0 Å². The molecule has 1 aromatic heterocycles. The zero-order chi connectivity index (χ0) is 22.8. The minimum Gasteiger partial charge on any atom is -0.349 e. The molecule has 0 bridgehead atoms. The first kappa shape index (κ1) is 21.4. The van der Waals surface area contributed by atoms with E-state index in [1.54, 1.807) is 34.9 Å². The summed E-state index contributed by atoms with van der Waals surface area (Å²) in [6.45, 7) is 0.247. The Morgan fingerprint density at radius 1 is 1.06 bits per heavy atom. The highest BCUT2D eigenvalue weighted by Gasteiger charge is 2.23. The molecular formula is C26H22FN3O2S. The third kappa shape index (κ3) is 4.54. The number of nitrogens with zero attached hydrogens (tertiary/aromatic N) is 2. The molecule has 1 N–H and O–H groups in total. The first-order valence-corrected chi connectivity index (χ1v) is 11.8. The third-order valence-electron chi connectivity index (χ3n) is 5.88. The molecule has 1 aliphatic rings. The summed E-state index contributed by atoms with van der Waals surface area (Å²) in [5, 5.41) is 4.09. The van der Waals surface area contributed by atoms with E-state index < -0.39 is 0 Å². The maximum Gasteiger partial charge on any atom is 0.262 e. The van der Waals surface area contributed by atoms with E-state index in [-0.39, 0.29) is 35.6 Å². The molecular weight excluding hydrogens is 437 g/mol. The van der Waals surface area contributed by atoms with Crippen molar-refractivity contribution >= 4 is 28.6 Å². The zero-order valence-electron chi connectivity index (χ0n) is 17.8. The van der Waals surface area contributed by atoms with E-state index in [0.717, 1.165) is 18.4 Å². The minimum atomic E-state index is -0.331. The molecule has 166 valence electrons. The summed E-state index contributed by atoms with van der Waals surface area (Å²) in [4.78, 5) is 30.6. The van der Waals surface area contributed by atoms with Crippen molar-refractivity contribution in [2.24, 2.45) is 0 Å². The van der Waals surface area contributed by atoms with E-state index in [2.05, 4.69) is 22.4 Å². The van der Waals surface area contributed by atoms with Crippen molar-refractivity contribution in [2.45, 2.75) is 30.6 Å². The molecule has 3 aromatic carbocycles. The number of benzene rings is 3. The lowest BCUT2D eigenvalue weighted by atomic mass is 10.1. The Labute approximate surface area is 194 Å².